The molecule has 2 aromatic rings. The van der Waals surface area contributed by atoms with Crippen molar-refractivity contribution in [1.82, 2.24) is 0 Å². The Balaban J connectivity index is 2.17. The number of benzene rings is 2. The molecule has 3 nitrogen and oxygen atoms in total. The topological polar surface area (TPSA) is 46.5 Å². The molecule has 0 saturated carbocycles. The van der Waals surface area contributed by atoms with Crippen LogP contribution in [-0.2, 0) is 17.8 Å². The Morgan fingerprint density at radius 3 is 2.20 bits per heavy atom. The number of hydrogen-bond donors (Lipinski definition) is 1. The molecule has 0 fully saturated rings. The highest BCUT2D eigenvalue weighted by atomic mass is 79.9. The molecule has 0 atom stereocenters. The summed E-state index contributed by atoms with van der Waals surface area (Å²) in [5.41, 5.74) is 1.64. The minimum Gasteiger partial charge on any atom is -0.487 e. The van der Waals surface area contributed by atoms with Crippen LogP contribution in [0.2, 0.25) is 0 Å². The van der Waals surface area contributed by atoms with Gasteiger partial charge in [-0.1, -0.05) is 30.3 Å². The third-order valence-corrected chi connectivity index (χ3v) is 4.00. The molecule has 0 aromatic heterocycles. The molecule has 0 unspecified atom stereocenters. The van der Waals surface area contributed by atoms with Crippen molar-refractivity contribution < 1.29 is 14.6 Å². The van der Waals surface area contributed by atoms with E-state index in [4.69, 9.17) is 9.84 Å². The van der Waals surface area contributed by atoms with Crippen LogP contribution < -0.4 is 4.74 Å². The molecule has 0 spiro atoms. The van der Waals surface area contributed by atoms with Gasteiger partial charge >= 0.3 is 5.97 Å². The van der Waals surface area contributed by atoms with E-state index in [-0.39, 0.29) is 6.42 Å². The summed E-state index contributed by atoms with van der Waals surface area (Å²) in [6, 6.07) is 13.1. The van der Waals surface area contributed by atoms with E-state index in [2.05, 4.69) is 31.9 Å². The summed E-state index contributed by atoms with van der Waals surface area (Å²) in [5.74, 6) is -0.142. The molecule has 1 N–H and O–H groups in total. The zero-order chi connectivity index (χ0) is 14.5. The van der Waals surface area contributed by atoms with Gasteiger partial charge in [0.15, 0.2) is 0 Å². The Kier molecular flexibility index (Phi) is 5.20. The maximum Gasteiger partial charge on any atom is 0.307 e. The third-order valence-electron chi connectivity index (χ3n) is 2.75. The molecule has 0 heterocycles. The molecule has 0 saturated heterocycles. The number of halogens is 2. The number of carboxylic acids is 1. The highest BCUT2D eigenvalue weighted by Crippen LogP contribution is 2.33. The normalized spacial score (nSPS) is 10.3. The van der Waals surface area contributed by atoms with Crippen LogP contribution >= 0.6 is 31.9 Å². The predicted octanol–water partition coefficient (Wildman–Crippen LogP) is 4.42. The van der Waals surface area contributed by atoms with Gasteiger partial charge in [0.1, 0.15) is 12.4 Å². The van der Waals surface area contributed by atoms with Gasteiger partial charge in [0.25, 0.3) is 0 Å². The quantitative estimate of drug-likeness (QED) is 0.809. The van der Waals surface area contributed by atoms with Crippen molar-refractivity contribution in [2.24, 2.45) is 0 Å². The Labute approximate surface area is 133 Å². The van der Waals surface area contributed by atoms with E-state index in [1.165, 1.54) is 0 Å². The van der Waals surface area contributed by atoms with E-state index >= 15 is 0 Å². The molecular weight excluding hydrogens is 388 g/mol. The fourth-order valence-corrected chi connectivity index (χ4v) is 3.03. The standard InChI is InChI=1S/C15H12Br2O3/c16-12-6-3-7-13(17)15(12)20-9-11-5-2-1-4-10(11)8-14(18)19/h1-7H,8-9H2,(H,18,19). The van der Waals surface area contributed by atoms with E-state index in [0.717, 1.165) is 20.1 Å². The van der Waals surface area contributed by atoms with Gasteiger partial charge in [-0.25, -0.2) is 0 Å². The van der Waals surface area contributed by atoms with Crippen molar-refractivity contribution in [2.75, 3.05) is 0 Å². The molecule has 0 radical (unpaired) electrons. The maximum atomic E-state index is 10.8. The molecule has 0 amide bonds. The van der Waals surface area contributed by atoms with Gasteiger partial charge in [0, 0.05) is 0 Å². The molecule has 0 aliphatic heterocycles. The van der Waals surface area contributed by atoms with Crippen molar-refractivity contribution in [3.05, 3.63) is 62.5 Å². The molecule has 2 rings (SSSR count). The zero-order valence-corrected chi connectivity index (χ0v) is 13.6. The number of carbonyl (C=O) groups is 1. The van der Waals surface area contributed by atoms with Gasteiger partial charge in [-0.2, -0.15) is 0 Å². The largest absolute Gasteiger partial charge is 0.487 e. The van der Waals surface area contributed by atoms with Crippen molar-refractivity contribution in [2.45, 2.75) is 13.0 Å². The van der Waals surface area contributed by atoms with Crippen LogP contribution in [0.3, 0.4) is 0 Å². The summed E-state index contributed by atoms with van der Waals surface area (Å²) < 4.78 is 7.49. The lowest BCUT2D eigenvalue weighted by molar-refractivity contribution is -0.136. The molecule has 0 aliphatic carbocycles. The molecule has 0 bridgehead atoms. The monoisotopic (exact) mass is 398 g/mol. The van der Waals surface area contributed by atoms with E-state index in [1.54, 1.807) is 0 Å². The summed E-state index contributed by atoms with van der Waals surface area (Å²) in [5, 5.41) is 8.91. The number of para-hydroxylation sites is 1. The first-order valence-corrected chi connectivity index (χ1v) is 7.52. The first-order valence-electron chi connectivity index (χ1n) is 5.93. The van der Waals surface area contributed by atoms with Crippen molar-refractivity contribution >= 4 is 37.8 Å². The summed E-state index contributed by atoms with van der Waals surface area (Å²) in [6.45, 7) is 0.324. The summed E-state index contributed by atoms with van der Waals surface area (Å²) in [6.07, 6.45) is -0.00331. The third kappa shape index (κ3) is 3.84. The van der Waals surface area contributed by atoms with E-state index in [9.17, 15) is 4.79 Å². The van der Waals surface area contributed by atoms with E-state index in [1.807, 2.05) is 42.5 Å². The molecule has 20 heavy (non-hydrogen) atoms. The number of rotatable bonds is 5. The second-order valence-electron chi connectivity index (χ2n) is 4.18. The molecule has 5 heteroatoms. The SMILES string of the molecule is O=C(O)Cc1ccccc1COc1c(Br)cccc1Br. The number of ether oxygens (including phenoxy) is 1. The van der Waals surface area contributed by atoms with Crippen LogP contribution in [0.4, 0.5) is 0 Å². The molecular formula is C15H12Br2O3. The first-order chi connectivity index (χ1) is 9.58. The minimum absolute atomic E-state index is 0.00331. The van der Waals surface area contributed by atoms with E-state index < -0.39 is 5.97 Å². The smallest absolute Gasteiger partial charge is 0.307 e. The Bertz CT molecular complexity index is 606. The zero-order valence-electron chi connectivity index (χ0n) is 10.5. The lowest BCUT2D eigenvalue weighted by Gasteiger charge is -2.12. The fraction of sp³-hybridized carbons (Fsp3) is 0.133. The average molecular weight is 400 g/mol. The molecule has 0 aliphatic rings. The number of carboxylic acid groups (broad SMARTS) is 1. The minimum atomic E-state index is -0.848. The summed E-state index contributed by atoms with van der Waals surface area (Å²) >= 11 is 6.86. The Hall–Kier alpha value is -1.33. The van der Waals surface area contributed by atoms with Crippen molar-refractivity contribution in [3.63, 3.8) is 0 Å². The van der Waals surface area contributed by atoms with Gasteiger partial charge in [-0.05, 0) is 55.1 Å². The van der Waals surface area contributed by atoms with Crippen LogP contribution in [0.1, 0.15) is 11.1 Å². The Morgan fingerprint density at radius 2 is 1.60 bits per heavy atom. The molecule has 104 valence electrons. The Morgan fingerprint density at radius 1 is 1.00 bits per heavy atom. The van der Waals surface area contributed by atoms with Crippen LogP contribution in [-0.4, -0.2) is 11.1 Å². The predicted molar refractivity (Wildman–Crippen MR) is 84.0 cm³/mol. The first kappa shape index (κ1) is 15.1. The maximum absolute atomic E-state index is 10.8. The number of aliphatic carboxylic acids is 1. The second-order valence-corrected chi connectivity index (χ2v) is 5.89. The van der Waals surface area contributed by atoms with Crippen molar-refractivity contribution in [3.8, 4) is 5.75 Å². The van der Waals surface area contributed by atoms with Crippen LogP contribution in [0.5, 0.6) is 5.75 Å². The molecule has 2 aromatic carbocycles. The highest BCUT2D eigenvalue weighted by Gasteiger charge is 2.09. The summed E-state index contributed by atoms with van der Waals surface area (Å²) in [7, 11) is 0. The van der Waals surface area contributed by atoms with Gasteiger partial charge in [0.2, 0.25) is 0 Å². The van der Waals surface area contributed by atoms with Crippen LogP contribution in [0, 0.1) is 0 Å². The second kappa shape index (κ2) is 6.90. The van der Waals surface area contributed by atoms with Crippen molar-refractivity contribution in [1.29, 1.82) is 0 Å². The average Bonchev–Trinajstić information content (AvgIpc) is 2.39. The van der Waals surface area contributed by atoms with Crippen LogP contribution in [0.15, 0.2) is 51.4 Å². The van der Waals surface area contributed by atoms with E-state index in [0.29, 0.717) is 12.4 Å². The van der Waals surface area contributed by atoms with Gasteiger partial charge in [-0.3, -0.25) is 4.79 Å². The van der Waals surface area contributed by atoms with Gasteiger partial charge in [-0.15, -0.1) is 0 Å². The van der Waals surface area contributed by atoms with Gasteiger partial charge < -0.3 is 9.84 Å². The highest BCUT2D eigenvalue weighted by molar-refractivity contribution is 9.11. The lowest BCUT2D eigenvalue weighted by Crippen LogP contribution is -2.06. The van der Waals surface area contributed by atoms with Gasteiger partial charge in [0.05, 0.1) is 15.4 Å². The summed E-state index contributed by atoms with van der Waals surface area (Å²) in [4.78, 5) is 10.8. The fourth-order valence-electron chi connectivity index (χ4n) is 1.80. The van der Waals surface area contributed by atoms with Crippen LogP contribution in [0.25, 0.3) is 0 Å². The number of hydrogen-bond acceptors (Lipinski definition) is 2. The lowest BCUT2D eigenvalue weighted by atomic mass is 10.1.